The van der Waals surface area contributed by atoms with E-state index >= 15 is 0 Å². The SMILES string of the molecule is CN(C)C(=O)C(C)(C)Oc1c(Cl)cc(F)cc1Cl. The van der Waals surface area contributed by atoms with Crippen molar-refractivity contribution in [3.05, 3.63) is 28.0 Å². The Hall–Kier alpha value is -1.00. The van der Waals surface area contributed by atoms with Crippen molar-refractivity contribution < 1.29 is 13.9 Å². The molecule has 3 nitrogen and oxygen atoms in total. The predicted molar refractivity (Wildman–Crippen MR) is 69.8 cm³/mol. The van der Waals surface area contributed by atoms with Crippen LogP contribution in [-0.2, 0) is 4.79 Å². The summed E-state index contributed by atoms with van der Waals surface area (Å²) >= 11 is 11.7. The molecule has 0 N–H and O–H groups in total. The lowest BCUT2D eigenvalue weighted by atomic mass is 10.1. The van der Waals surface area contributed by atoms with Crippen LogP contribution in [0.2, 0.25) is 10.0 Å². The Balaban J connectivity index is 3.08. The van der Waals surface area contributed by atoms with Gasteiger partial charge in [0.1, 0.15) is 5.82 Å². The summed E-state index contributed by atoms with van der Waals surface area (Å²) in [4.78, 5) is 13.3. The summed E-state index contributed by atoms with van der Waals surface area (Å²) in [7, 11) is 3.22. The molecular weight excluding hydrogens is 280 g/mol. The Bertz CT molecular complexity index is 452. The molecule has 0 unspecified atom stereocenters. The van der Waals surface area contributed by atoms with Gasteiger partial charge in [0.05, 0.1) is 10.0 Å². The monoisotopic (exact) mass is 293 g/mol. The van der Waals surface area contributed by atoms with Crippen molar-refractivity contribution in [3.8, 4) is 5.75 Å². The van der Waals surface area contributed by atoms with Crippen molar-refractivity contribution in [3.63, 3.8) is 0 Å². The van der Waals surface area contributed by atoms with E-state index in [1.54, 1.807) is 27.9 Å². The van der Waals surface area contributed by atoms with E-state index in [-0.39, 0.29) is 21.7 Å². The zero-order valence-electron chi connectivity index (χ0n) is 10.6. The van der Waals surface area contributed by atoms with Crippen molar-refractivity contribution in [1.82, 2.24) is 4.90 Å². The Labute approximate surface area is 115 Å². The second-order valence-electron chi connectivity index (χ2n) is 4.51. The Kier molecular flexibility index (Phi) is 4.46. The quantitative estimate of drug-likeness (QED) is 0.855. The largest absolute Gasteiger partial charge is 0.475 e. The maximum atomic E-state index is 13.0. The fraction of sp³-hybridized carbons (Fsp3) is 0.417. The lowest BCUT2D eigenvalue weighted by molar-refractivity contribution is -0.142. The van der Waals surface area contributed by atoms with E-state index in [0.29, 0.717) is 0 Å². The van der Waals surface area contributed by atoms with Gasteiger partial charge < -0.3 is 9.64 Å². The fourth-order valence-electron chi connectivity index (χ4n) is 1.46. The molecule has 6 heteroatoms. The summed E-state index contributed by atoms with van der Waals surface area (Å²) in [6.45, 7) is 3.18. The molecule has 0 aliphatic rings. The first-order valence-corrected chi connectivity index (χ1v) is 5.96. The van der Waals surface area contributed by atoms with E-state index in [1.165, 1.54) is 4.90 Å². The summed E-state index contributed by atoms with van der Waals surface area (Å²) in [6.07, 6.45) is 0. The standard InChI is InChI=1S/C12H14Cl2FNO2/c1-12(2,11(17)16(3)4)18-10-8(13)5-7(15)6-9(10)14/h5-6H,1-4H3. The molecule has 100 valence electrons. The van der Waals surface area contributed by atoms with E-state index in [4.69, 9.17) is 27.9 Å². The van der Waals surface area contributed by atoms with Gasteiger partial charge in [0.2, 0.25) is 0 Å². The molecule has 18 heavy (non-hydrogen) atoms. The second-order valence-corrected chi connectivity index (χ2v) is 5.32. The number of nitrogens with zero attached hydrogens (tertiary/aromatic N) is 1. The molecule has 0 radical (unpaired) electrons. The maximum Gasteiger partial charge on any atom is 0.265 e. The lowest BCUT2D eigenvalue weighted by Gasteiger charge is -2.28. The number of rotatable bonds is 3. The third-order valence-corrected chi connectivity index (χ3v) is 2.80. The first-order chi connectivity index (χ1) is 8.15. The van der Waals surface area contributed by atoms with Crippen molar-refractivity contribution in [2.45, 2.75) is 19.4 Å². The van der Waals surface area contributed by atoms with Gasteiger partial charge in [-0.2, -0.15) is 0 Å². The summed E-state index contributed by atoms with van der Waals surface area (Å²) in [5.41, 5.74) is -1.14. The van der Waals surface area contributed by atoms with Gasteiger partial charge >= 0.3 is 0 Å². The van der Waals surface area contributed by atoms with Crippen LogP contribution in [0.1, 0.15) is 13.8 Å². The van der Waals surface area contributed by atoms with Crippen molar-refractivity contribution in [2.75, 3.05) is 14.1 Å². The average Bonchev–Trinajstić information content (AvgIpc) is 2.22. The normalized spacial score (nSPS) is 11.3. The van der Waals surface area contributed by atoms with Gasteiger partial charge in [-0.25, -0.2) is 4.39 Å². The number of ether oxygens (including phenoxy) is 1. The molecule has 0 spiro atoms. The fourth-order valence-corrected chi connectivity index (χ4v) is 2.00. The molecule has 0 fully saturated rings. The van der Waals surface area contributed by atoms with Crippen LogP contribution in [0.25, 0.3) is 0 Å². The Morgan fingerprint density at radius 2 is 1.72 bits per heavy atom. The molecule has 0 heterocycles. The molecule has 0 aliphatic heterocycles. The minimum Gasteiger partial charge on any atom is -0.475 e. The number of benzene rings is 1. The number of halogens is 3. The highest BCUT2D eigenvalue weighted by molar-refractivity contribution is 6.37. The minimum absolute atomic E-state index is 0.0274. The van der Waals surface area contributed by atoms with Gasteiger partial charge in [-0.15, -0.1) is 0 Å². The van der Waals surface area contributed by atoms with Crippen LogP contribution in [0.4, 0.5) is 4.39 Å². The molecule has 0 saturated carbocycles. The van der Waals surface area contributed by atoms with E-state index in [1.807, 2.05) is 0 Å². The highest BCUT2D eigenvalue weighted by Gasteiger charge is 2.33. The summed E-state index contributed by atoms with van der Waals surface area (Å²) in [5.74, 6) is -0.715. The van der Waals surface area contributed by atoms with Crippen LogP contribution in [0.15, 0.2) is 12.1 Å². The Morgan fingerprint density at radius 3 is 2.11 bits per heavy atom. The molecule has 1 amide bonds. The molecule has 0 bridgehead atoms. The number of hydrogen-bond acceptors (Lipinski definition) is 2. The van der Waals surface area contributed by atoms with E-state index in [2.05, 4.69) is 0 Å². The second kappa shape index (κ2) is 5.33. The van der Waals surface area contributed by atoms with Crippen LogP contribution < -0.4 is 4.74 Å². The highest BCUT2D eigenvalue weighted by atomic mass is 35.5. The molecule has 1 rings (SSSR count). The van der Waals surface area contributed by atoms with Gasteiger partial charge in [0.15, 0.2) is 11.4 Å². The van der Waals surface area contributed by atoms with Crippen molar-refractivity contribution in [2.24, 2.45) is 0 Å². The summed E-state index contributed by atoms with van der Waals surface area (Å²) < 4.78 is 18.5. The van der Waals surface area contributed by atoms with Gasteiger partial charge in [0, 0.05) is 14.1 Å². The molecule has 0 aliphatic carbocycles. The third kappa shape index (κ3) is 3.27. The van der Waals surface area contributed by atoms with Crippen LogP contribution >= 0.6 is 23.2 Å². The average molecular weight is 294 g/mol. The number of likely N-dealkylation sites (N-methyl/N-ethyl adjacent to an activating group) is 1. The Morgan fingerprint density at radius 1 is 1.28 bits per heavy atom. The van der Waals surface area contributed by atoms with Gasteiger partial charge in [-0.3, -0.25) is 4.79 Å². The molecular formula is C12H14Cl2FNO2. The summed E-state index contributed by atoms with van der Waals surface area (Å²) in [5, 5.41) is 0.0549. The topological polar surface area (TPSA) is 29.5 Å². The lowest BCUT2D eigenvalue weighted by Crippen LogP contribution is -2.45. The van der Waals surface area contributed by atoms with Crippen molar-refractivity contribution in [1.29, 1.82) is 0 Å². The third-order valence-electron chi connectivity index (χ3n) is 2.24. The summed E-state index contributed by atoms with van der Waals surface area (Å²) in [6, 6.07) is 2.16. The van der Waals surface area contributed by atoms with E-state index in [9.17, 15) is 9.18 Å². The number of carbonyl (C=O) groups excluding carboxylic acids is 1. The molecule has 1 aromatic carbocycles. The van der Waals surface area contributed by atoms with Crippen LogP contribution in [0.5, 0.6) is 5.75 Å². The smallest absolute Gasteiger partial charge is 0.265 e. The molecule has 0 saturated heterocycles. The van der Waals surface area contributed by atoms with Crippen LogP contribution in [0.3, 0.4) is 0 Å². The van der Waals surface area contributed by atoms with Gasteiger partial charge in [-0.05, 0) is 26.0 Å². The van der Waals surface area contributed by atoms with Gasteiger partial charge in [-0.1, -0.05) is 23.2 Å². The molecule has 0 aromatic heterocycles. The zero-order valence-corrected chi connectivity index (χ0v) is 12.1. The highest BCUT2D eigenvalue weighted by Crippen LogP contribution is 2.36. The number of hydrogen-bond donors (Lipinski definition) is 0. The first-order valence-electron chi connectivity index (χ1n) is 5.20. The number of carbonyl (C=O) groups is 1. The molecule has 1 aromatic rings. The maximum absolute atomic E-state index is 13.0. The van der Waals surface area contributed by atoms with Crippen molar-refractivity contribution >= 4 is 29.1 Å². The first kappa shape index (κ1) is 15.1. The van der Waals surface area contributed by atoms with Crippen LogP contribution in [0, 0.1) is 5.82 Å². The predicted octanol–water partition coefficient (Wildman–Crippen LogP) is 3.38. The minimum atomic E-state index is -1.14. The van der Waals surface area contributed by atoms with E-state index < -0.39 is 11.4 Å². The van der Waals surface area contributed by atoms with Crippen LogP contribution in [-0.4, -0.2) is 30.5 Å². The number of amides is 1. The zero-order chi connectivity index (χ0) is 14.1. The van der Waals surface area contributed by atoms with E-state index in [0.717, 1.165) is 12.1 Å². The van der Waals surface area contributed by atoms with Gasteiger partial charge in [0.25, 0.3) is 5.91 Å². The molecule has 0 atom stereocenters.